The van der Waals surface area contributed by atoms with Crippen LogP contribution in [0.1, 0.15) is 194 Å². The molecule has 0 rings (SSSR count). The van der Waals surface area contributed by atoms with Crippen LogP contribution >= 0.6 is 8.25 Å². The minimum absolute atomic E-state index is 0.298. The van der Waals surface area contributed by atoms with E-state index in [0.717, 1.165) is 25.9 Å². The van der Waals surface area contributed by atoms with Crippen molar-refractivity contribution in [1.29, 1.82) is 0 Å². The van der Waals surface area contributed by atoms with E-state index in [-0.39, 0.29) is 0 Å². The van der Waals surface area contributed by atoms with Crippen LogP contribution in [0.3, 0.4) is 0 Å². The molecule has 40 heavy (non-hydrogen) atoms. The van der Waals surface area contributed by atoms with Gasteiger partial charge in [0.2, 0.25) is 0 Å². The lowest BCUT2D eigenvalue weighted by molar-refractivity contribution is 0.201. The van der Waals surface area contributed by atoms with Crippen LogP contribution in [-0.2, 0) is 13.6 Å². The Bertz CT molecular complexity index is 442. The second-order valence-corrected chi connectivity index (χ2v) is 12.9. The summed E-state index contributed by atoms with van der Waals surface area (Å²) in [6.45, 7) is 6.99. The molecule has 0 unspecified atom stereocenters. The second kappa shape index (κ2) is 37.0. The van der Waals surface area contributed by atoms with Gasteiger partial charge in [0, 0.05) is 4.57 Å². The molecule has 240 valence electrons. The molecule has 0 amide bonds. The highest BCUT2D eigenvalue weighted by Crippen LogP contribution is 2.21. The molecule has 6 heteroatoms. The molecule has 0 fully saturated rings. The average Bonchev–Trinajstić information content (AvgIpc) is 2.96. The first-order valence-electron chi connectivity index (χ1n) is 18.0. The molecule has 0 radical (unpaired) electrons. The summed E-state index contributed by atoms with van der Waals surface area (Å²) in [6.07, 6.45) is 38.5. The molecule has 2 N–H and O–H groups in total. The molecule has 0 saturated heterocycles. The van der Waals surface area contributed by atoms with Gasteiger partial charge in [0.25, 0.3) is 0 Å². The fourth-order valence-electron chi connectivity index (χ4n) is 5.27. The maximum atomic E-state index is 11.8. The number of nitrogens with one attached hydrogen (secondary N) is 2. The molecule has 0 saturated carbocycles. The molecule has 0 aliphatic carbocycles. The summed E-state index contributed by atoms with van der Waals surface area (Å²) in [7, 11) is -2.04. The SMILES string of the molecule is CCCCCCCCCCCCCCCCNCO[P+](=O)OCNCCCCCCCCCCCCCCCC. The van der Waals surface area contributed by atoms with Crippen molar-refractivity contribution < 1.29 is 13.6 Å². The molecule has 0 heterocycles. The van der Waals surface area contributed by atoms with Gasteiger partial charge in [0.1, 0.15) is 0 Å². The minimum Gasteiger partial charge on any atom is -0.290 e. The van der Waals surface area contributed by atoms with Crippen LogP contribution < -0.4 is 10.6 Å². The summed E-state index contributed by atoms with van der Waals surface area (Å²) in [5, 5.41) is 6.42. The average molecular weight is 588 g/mol. The van der Waals surface area contributed by atoms with Gasteiger partial charge in [-0.25, -0.2) is 0 Å². The van der Waals surface area contributed by atoms with Crippen LogP contribution in [-0.4, -0.2) is 26.6 Å². The molecule has 0 aliphatic heterocycles. The third-order valence-electron chi connectivity index (χ3n) is 7.96. The van der Waals surface area contributed by atoms with Crippen LogP contribution in [0.15, 0.2) is 0 Å². The second-order valence-electron chi connectivity index (χ2n) is 12.0. The molecular formula is C34H72N2O3P+. The predicted molar refractivity (Wildman–Crippen MR) is 176 cm³/mol. The predicted octanol–water partition coefficient (Wildman–Crippen LogP) is 11.7. The van der Waals surface area contributed by atoms with Crippen molar-refractivity contribution in [1.82, 2.24) is 10.6 Å². The molecule has 0 aromatic heterocycles. The fourth-order valence-corrected chi connectivity index (χ4v) is 5.74. The first kappa shape index (κ1) is 39.9. The Morgan fingerprint density at radius 1 is 0.375 bits per heavy atom. The lowest BCUT2D eigenvalue weighted by Gasteiger charge is -2.04. The van der Waals surface area contributed by atoms with E-state index in [0.29, 0.717) is 13.5 Å². The topological polar surface area (TPSA) is 59.6 Å². The first-order chi connectivity index (χ1) is 19.8. The van der Waals surface area contributed by atoms with Gasteiger partial charge < -0.3 is 0 Å². The molecule has 0 aromatic rings. The summed E-state index contributed by atoms with van der Waals surface area (Å²) < 4.78 is 22.2. The van der Waals surface area contributed by atoms with E-state index in [1.807, 2.05) is 0 Å². The first-order valence-corrected chi connectivity index (χ1v) is 19.0. The lowest BCUT2D eigenvalue weighted by atomic mass is 10.0. The van der Waals surface area contributed by atoms with Gasteiger partial charge >= 0.3 is 8.25 Å². The summed E-state index contributed by atoms with van der Waals surface area (Å²) in [6, 6.07) is 0. The summed E-state index contributed by atoms with van der Waals surface area (Å²) in [5.41, 5.74) is 0. The molecular weight excluding hydrogens is 515 g/mol. The summed E-state index contributed by atoms with van der Waals surface area (Å²) in [5.74, 6) is 0. The fraction of sp³-hybridized carbons (Fsp3) is 1.00. The summed E-state index contributed by atoms with van der Waals surface area (Å²) in [4.78, 5) is 0. The van der Waals surface area contributed by atoms with Crippen molar-refractivity contribution >= 4 is 8.25 Å². The third-order valence-corrected chi connectivity index (χ3v) is 8.64. The van der Waals surface area contributed by atoms with Gasteiger partial charge in [0.15, 0.2) is 13.5 Å². The van der Waals surface area contributed by atoms with Crippen LogP contribution in [0, 0.1) is 0 Å². The highest BCUT2D eigenvalue weighted by molar-refractivity contribution is 7.33. The normalized spacial score (nSPS) is 11.4. The number of rotatable bonds is 36. The maximum Gasteiger partial charge on any atom is 0.700 e. The molecule has 0 aliphatic rings. The van der Waals surface area contributed by atoms with Crippen molar-refractivity contribution in [3.8, 4) is 0 Å². The van der Waals surface area contributed by atoms with Crippen LogP contribution in [0.5, 0.6) is 0 Å². The van der Waals surface area contributed by atoms with Crippen molar-refractivity contribution in [2.45, 2.75) is 194 Å². The van der Waals surface area contributed by atoms with E-state index >= 15 is 0 Å². The molecule has 0 spiro atoms. The van der Waals surface area contributed by atoms with E-state index in [1.165, 1.54) is 167 Å². The molecule has 0 atom stereocenters. The van der Waals surface area contributed by atoms with E-state index in [4.69, 9.17) is 9.05 Å². The highest BCUT2D eigenvalue weighted by Gasteiger charge is 2.19. The van der Waals surface area contributed by atoms with E-state index in [2.05, 4.69) is 24.5 Å². The molecule has 5 nitrogen and oxygen atoms in total. The highest BCUT2D eigenvalue weighted by atomic mass is 31.1. The Labute approximate surface area is 252 Å². The monoisotopic (exact) mass is 588 g/mol. The maximum absolute atomic E-state index is 11.8. The van der Waals surface area contributed by atoms with Gasteiger partial charge in [0.05, 0.1) is 0 Å². The zero-order valence-corrected chi connectivity index (χ0v) is 28.2. The number of hydrogen-bond acceptors (Lipinski definition) is 5. The van der Waals surface area contributed by atoms with Crippen LogP contribution in [0.2, 0.25) is 0 Å². The Hall–Kier alpha value is -0.0600. The Kier molecular flexibility index (Phi) is 36.9. The third kappa shape index (κ3) is 36.0. The Morgan fingerprint density at radius 3 is 0.850 bits per heavy atom. The minimum atomic E-state index is -2.04. The largest absolute Gasteiger partial charge is 0.700 e. The van der Waals surface area contributed by atoms with E-state index in [1.54, 1.807) is 0 Å². The van der Waals surface area contributed by atoms with Gasteiger partial charge in [-0.15, -0.1) is 9.05 Å². The number of hydrogen-bond donors (Lipinski definition) is 2. The van der Waals surface area contributed by atoms with Crippen molar-refractivity contribution in [2.24, 2.45) is 0 Å². The Balaban J connectivity index is 3.14. The quantitative estimate of drug-likeness (QED) is 0.0434. The van der Waals surface area contributed by atoms with Crippen LogP contribution in [0.4, 0.5) is 0 Å². The smallest absolute Gasteiger partial charge is 0.290 e. The van der Waals surface area contributed by atoms with Crippen molar-refractivity contribution in [3.63, 3.8) is 0 Å². The van der Waals surface area contributed by atoms with Gasteiger partial charge in [-0.05, 0) is 25.9 Å². The van der Waals surface area contributed by atoms with Crippen molar-refractivity contribution in [2.75, 3.05) is 26.6 Å². The van der Waals surface area contributed by atoms with Gasteiger partial charge in [-0.1, -0.05) is 181 Å². The van der Waals surface area contributed by atoms with E-state index in [9.17, 15) is 4.57 Å². The van der Waals surface area contributed by atoms with Gasteiger partial charge in [-0.2, -0.15) is 0 Å². The zero-order valence-electron chi connectivity index (χ0n) is 27.3. The van der Waals surface area contributed by atoms with E-state index < -0.39 is 8.25 Å². The number of unbranched alkanes of at least 4 members (excludes halogenated alkanes) is 26. The van der Waals surface area contributed by atoms with Gasteiger partial charge in [-0.3, -0.25) is 10.6 Å². The van der Waals surface area contributed by atoms with Crippen LogP contribution in [0.25, 0.3) is 0 Å². The summed E-state index contributed by atoms with van der Waals surface area (Å²) >= 11 is 0. The zero-order chi connectivity index (χ0) is 29.0. The lowest BCUT2D eigenvalue weighted by Crippen LogP contribution is -2.19. The molecule has 0 aromatic carbocycles. The van der Waals surface area contributed by atoms with Crippen molar-refractivity contribution in [3.05, 3.63) is 0 Å². The molecule has 0 bridgehead atoms. The standard InChI is InChI=1S/C34H72N2O3P/c1-3-5-7-9-11-13-15-17-19-21-23-25-27-29-31-35-33-38-40(37)39-34-36-32-30-28-26-24-22-20-18-16-14-12-10-8-6-4-2/h35-36H,3-34H2,1-2H3/q+1. The Morgan fingerprint density at radius 2 is 0.600 bits per heavy atom.